The number of aryl methyl sites for hydroxylation is 1. The smallest absolute Gasteiger partial charge is 0.341 e. The first-order valence-electron chi connectivity index (χ1n) is 7.59. The van der Waals surface area contributed by atoms with Gasteiger partial charge >= 0.3 is 5.97 Å². The number of nitrogens with zero attached hydrogens (tertiary/aromatic N) is 1. The van der Waals surface area contributed by atoms with Crippen LogP contribution in [0.4, 0.5) is 5.00 Å². The zero-order valence-corrected chi connectivity index (χ0v) is 15.8. The van der Waals surface area contributed by atoms with Gasteiger partial charge in [0.15, 0.2) is 0 Å². The van der Waals surface area contributed by atoms with Crippen LogP contribution in [-0.2, 0) is 19.6 Å². The molecule has 1 aliphatic rings. The SMILES string of the molecule is COC(=O)c1c(NC(=O)[C@H]2CCCN(S(C)(=O)=O)C2)sc(C)c1C. The number of sulfonamides is 1. The molecule has 0 radical (unpaired) electrons. The molecule has 0 unspecified atom stereocenters. The maximum Gasteiger partial charge on any atom is 0.341 e. The number of hydrogen-bond donors (Lipinski definition) is 1. The quantitative estimate of drug-likeness (QED) is 0.811. The summed E-state index contributed by atoms with van der Waals surface area (Å²) in [4.78, 5) is 25.4. The summed E-state index contributed by atoms with van der Waals surface area (Å²) in [5.41, 5.74) is 1.15. The molecule has 1 amide bonds. The summed E-state index contributed by atoms with van der Waals surface area (Å²) in [6.07, 6.45) is 2.40. The van der Waals surface area contributed by atoms with E-state index in [1.54, 1.807) is 6.92 Å². The van der Waals surface area contributed by atoms with Crippen LogP contribution in [0.2, 0.25) is 0 Å². The van der Waals surface area contributed by atoms with Crippen LogP contribution in [0.1, 0.15) is 33.6 Å². The van der Waals surface area contributed by atoms with E-state index in [-0.39, 0.29) is 12.5 Å². The van der Waals surface area contributed by atoms with E-state index in [0.717, 1.165) is 16.7 Å². The van der Waals surface area contributed by atoms with Gasteiger partial charge < -0.3 is 10.1 Å². The maximum atomic E-state index is 12.5. The number of anilines is 1. The highest BCUT2D eigenvalue weighted by molar-refractivity contribution is 7.88. The van der Waals surface area contributed by atoms with E-state index in [1.165, 1.54) is 22.8 Å². The molecular weight excluding hydrogens is 352 g/mol. The van der Waals surface area contributed by atoms with Crippen LogP contribution in [0.3, 0.4) is 0 Å². The summed E-state index contributed by atoms with van der Waals surface area (Å²) in [6, 6.07) is 0. The first kappa shape index (κ1) is 18.9. The van der Waals surface area contributed by atoms with Crippen LogP contribution >= 0.6 is 11.3 Å². The van der Waals surface area contributed by atoms with Crippen molar-refractivity contribution in [3.8, 4) is 0 Å². The monoisotopic (exact) mass is 374 g/mol. The predicted molar refractivity (Wildman–Crippen MR) is 92.9 cm³/mol. The zero-order valence-electron chi connectivity index (χ0n) is 14.2. The Kier molecular flexibility index (Phi) is 5.67. The Morgan fingerprint density at radius 1 is 1.33 bits per heavy atom. The second-order valence-corrected chi connectivity index (χ2v) is 9.14. The van der Waals surface area contributed by atoms with Crippen LogP contribution in [0, 0.1) is 19.8 Å². The number of hydrogen-bond acceptors (Lipinski definition) is 6. The molecule has 1 fully saturated rings. The highest BCUT2D eigenvalue weighted by atomic mass is 32.2. The molecule has 0 aromatic carbocycles. The number of piperidine rings is 1. The molecule has 1 atom stereocenters. The molecule has 2 rings (SSSR count). The van der Waals surface area contributed by atoms with Crippen molar-refractivity contribution in [3.05, 3.63) is 16.0 Å². The summed E-state index contributed by atoms with van der Waals surface area (Å²) in [5, 5.41) is 3.24. The normalized spacial score (nSPS) is 19.1. The number of carbonyl (C=O) groups excluding carboxylic acids is 2. The van der Waals surface area contributed by atoms with Gasteiger partial charge in [0.1, 0.15) is 5.00 Å². The molecule has 0 bridgehead atoms. The fourth-order valence-corrected chi connectivity index (χ4v) is 4.70. The van der Waals surface area contributed by atoms with E-state index >= 15 is 0 Å². The molecule has 24 heavy (non-hydrogen) atoms. The third kappa shape index (κ3) is 3.96. The largest absolute Gasteiger partial charge is 0.465 e. The highest BCUT2D eigenvalue weighted by Gasteiger charge is 2.31. The molecule has 9 heteroatoms. The first-order valence-corrected chi connectivity index (χ1v) is 10.3. The third-order valence-corrected chi connectivity index (χ3v) is 6.63. The lowest BCUT2D eigenvalue weighted by Crippen LogP contribution is -2.43. The number of ether oxygens (including phenoxy) is 1. The number of thiophene rings is 1. The molecule has 2 heterocycles. The number of amides is 1. The molecular formula is C15H22N2O5S2. The molecule has 0 aliphatic carbocycles. The molecule has 1 saturated heterocycles. The Morgan fingerprint density at radius 2 is 2.00 bits per heavy atom. The summed E-state index contributed by atoms with van der Waals surface area (Å²) in [7, 11) is -2.01. The maximum absolute atomic E-state index is 12.5. The number of esters is 1. The minimum atomic E-state index is -3.31. The molecule has 7 nitrogen and oxygen atoms in total. The summed E-state index contributed by atoms with van der Waals surface area (Å²) < 4.78 is 29.5. The van der Waals surface area contributed by atoms with Gasteiger partial charge in [-0.15, -0.1) is 11.3 Å². The van der Waals surface area contributed by atoms with Crippen molar-refractivity contribution >= 4 is 38.2 Å². The third-order valence-electron chi connectivity index (χ3n) is 4.24. The van der Waals surface area contributed by atoms with Gasteiger partial charge in [-0.1, -0.05) is 0 Å². The standard InChI is InChI=1S/C15H22N2O5S2/c1-9-10(2)23-14(12(9)15(19)22-3)16-13(18)11-6-5-7-17(8-11)24(4,20)21/h11H,5-8H2,1-4H3,(H,16,18)/t11-/m0/s1. The number of carbonyl (C=O) groups is 2. The summed E-state index contributed by atoms with van der Waals surface area (Å²) >= 11 is 1.32. The molecule has 0 spiro atoms. The van der Waals surface area contributed by atoms with E-state index in [9.17, 15) is 18.0 Å². The van der Waals surface area contributed by atoms with Crippen molar-refractivity contribution in [2.45, 2.75) is 26.7 Å². The van der Waals surface area contributed by atoms with Crippen molar-refractivity contribution in [1.82, 2.24) is 4.31 Å². The molecule has 1 N–H and O–H groups in total. The summed E-state index contributed by atoms with van der Waals surface area (Å²) in [5.74, 6) is -1.19. The predicted octanol–water partition coefficient (Wildman–Crippen LogP) is 1.76. The average molecular weight is 374 g/mol. The second kappa shape index (κ2) is 7.20. The lowest BCUT2D eigenvalue weighted by atomic mass is 9.99. The van der Waals surface area contributed by atoms with Crippen LogP contribution in [0.15, 0.2) is 0 Å². The Bertz CT molecular complexity index is 754. The second-order valence-electron chi connectivity index (χ2n) is 5.93. The Balaban J connectivity index is 2.18. The van der Waals surface area contributed by atoms with Crippen molar-refractivity contribution < 1.29 is 22.7 Å². The fourth-order valence-electron chi connectivity index (χ4n) is 2.73. The topological polar surface area (TPSA) is 92.8 Å². The molecule has 1 aliphatic heterocycles. The number of nitrogens with one attached hydrogen (secondary N) is 1. The minimum Gasteiger partial charge on any atom is -0.465 e. The lowest BCUT2D eigenvalue weighted by molar-refractivity contribution is -0.120. The Labute approximate surface area is 146 Å². The molecule has 1 aromatic heterocycles. The van der Waals surface area contributed by atoms with Crippen molar-refractivity contribution in [3.63, 3.8) is 0 Å². The van der Waals surface area contributed by atoms with Gasteiger partial charge in [-0.05, 0) is 32.3 Å². The molecule has 0 saturated carbocycles. The van der Waals surface area contributed by atoms with Gasteiger partial charge in [-0.3, -0.25) is 4.79 Å². The van der Waals surface area contributed by atoms with Crippen molar-refractivity contribution in [2.75, 3.05) is 31.8 Å². The number of rotatable bonds is 4. The van der Waals surface area contributed by atoms with Crippen LogP contribution in [0.5, 0.6) is 0 Å². The van der Waals surface area contributed by atoms with Gasteiger partial charge in [0.05, 0.1) is 24.8 Å². The molecule has 134 valence electrons. The van der Waals surface area contributed by atoms with Crippen LogP contribution in [-0.4, -0.2) is 51.1 Å². The number of methoxy groups -OCH3 is 1. The van der Waals surface area contributed by atoms with Gasteiger partial charge in [0.2, 0.25) is 15.9 Å². The summed E-state index contributed by atoms with van der Waals surface area (Å²) in [6.45, 7) is 4.28. The van der Waals surface area contributed by atoms with Gasteiger partial charge in [-0.25, -0.2) is 17.5 Å². The van der Waals surface area contributed by atoms with Crippen molar-refractivity contribution in [1.29, 1.82) is 0 Å². The first-order chi connectivity index (χ1) is 11.1. The van der Waals surface area contributed by atoms with Gasteiger partial charge in [-0.2, -0.15) is 0 Å². The Morgan fingerprint density at radius 3 is 2.58 bits per heavy atom. The average Bonchev–Trinajstić information content (AvgIpc) is 2.80. The van der Waals surface area contributed by atoms with E-state index in [2.05, 4.69) is 5.32 Å². The van der Waals surface area contributed by atoms with E-state index in [4.69, 9.17) is 4.74 Å². The van der Waals surface area contributed by atoms with E-state index < -0.39 is 21.9 Å². The fraction of sp³-hybridized carbons (Fsp3) is 0.600. The zero-order chi connectivity index (χ0) is 18.1. The van der Waals surface area contributed by atoms with Crippen molar-refractivity contribution in [2.24, 2.45) is 5.92 Å². The highest BCUT2D eigenvalue weighted by Crippen LogP contribution is 2.33. The minimum absolute atomic E-state index is 0.168. The van der Waals surface area contributed by atoms with Crippen LogP contribution < -0.4 is 5.32 Å². The lowest BCUT2D eigenvalue weighted by Gasteiger charge is -2.30. The Hall–Kier alpha value is -1.45. The van der Waals surface area contributed by atoms with Gasteiger partial charge in [0.25, 0.3) is 0 Å². The van der Waals surface area contributed by atoms with Crippen LogP contribution in [0.25, 0.3) is 0 Å². The van der Waals surface area contributed by atoms with E-state index in [1.807, 2.05) is 6.92 Å². The van der Waals surface area contributed by atoms with Gasteiger partial charge in [0, 0.05) is 18.0 Å². The molecule has 1 aromatic rings. The van der Waals surface area contributed by atoms with E-state index in [0.29, 0.717) is 30.0 Å².